The maximum Gasteiger partial charge on any atom is 0.261 e. The van der Waals surface area contributed by atoms with Crippen molar-refractivity contribution in [2.24, 2.45) is 0 Å². The van der Waals surface area contributed by atoms with Gasteiger partial charge in [-0.2, -0.15) is 0 Å². The number of benzene rings is 3. The van der Waals surface area contributed by atoms with Gasteiger partial charge in [-0.3, -0.25) is 9.52 Å². The van der Waals surface area contributed by atoms with E-state index in [2.05, 4.69) is 10.0 Å². The van der Waals surface area contributed by atoms with Gasteiger partial charge in [0, 0.05) is 18.7 Å². The Hall–Kier alpha value is -3.12. The Bertz CT molecular complexity index is 1060. The molecule has 0 aliphatic carbocycles. The second-order valence-electron chi connectivity index (χ2n) is 7.20. The molecule has 0 aliphatic rings. The number of aryl methyl sites for hydroxylation is 2. The van der Waals surface area contributed by atoms with Crippen molar-refractivity contribution < 1.29 is 13.2 Å². The molecule has 6 heteroatoms. The van der Waals surface area contributed by atoms with Gasteiger partial charge < -0.3 is 5.32 Å². The lowest BCUT2D eigenvalue weighted by Crippen LogP contribution is -2.25. The third kappa shape index (κ3) is 6.46. The molecule has 2 N–H and O–H groups in total. The van der Waals surface area contributed by atoms with Gasteiger partial charge in [0.2, 0.25) is 5.91 Å². The molecule has 3 aromatic rings. The highest BCUT2D eigenvalue weighted by Gasteiger charge is 2.14. The van der Waals surface area contributed by atoms with E-state index in [9.17, 15) is 13.2 Å². The first-order valence-electron chi connectivity index (χ1n) is 9.91. The fourth-order valence-electron chi connectivity index (χ4n) is 3.01. The van der Waals surface area contributed by atoms with Crippen LogP contribution in [0.4, 0.5) is 5.69 Å². The Balaban J connectivity index is 1.47. The maximum absolute atomic E-state index is 12.5. The van der Waals surface area contributed by atoms with Gasteiger partial charge in [-0.05, 0) is 55.2 Å². The largest absolute Gasteiger partial charge is 0.356 e. The number of anilines is 1. The number of sulfonamides is 1. The molecule has 3 aromatic carbocycles. The molecule has 30 heavy (non-hydrogen) atoms. The molecular weight excluding hydrogens is 396 g/mol. The fourth-order valence-corrected chi connectivity index (χ4v) is 4.07. The molecule has 5 nitrogen and oxygen atoms in total. The zero-order valence-electron chi connectivity index (χ0n) is 17.0. The van der Waals surface area contributed by atoms with Gasteiger partial charge in [0.1, 0.15) is 0 Å². The molecule has 3 rings (SSSR count). The molecule has 0 heterocycles. The monoisotopic (exact) mass is 422 g/mol. The number of hydrogen-bond donors (Lipinski definition) is 2. The van der Waals surface area contributed by atoms with Gasteiger partial charge in [0.25, 0.3) is 10.0 Å². The van der Waals surface area contributed by atoms with Crippen LogP contribution in [-0.2, 0) is 27.7 Å². The van der Waals surface area contributed by atoms with Crippen LogP contribution in [0.3, 0.4) is 0 Å². The van der Waals surface area contributed by atoms with Crippen LogP contribution in [0.5, 0.6) is 0 Å². The number of amides is 1. The molecule has 0 saturated heterocycles. The van der Waals surface area contributed by atoms with Gasteiger partial charge in [-0.25, -0.2) is 8.42 Å². The average Bonchev–Trinajstić information content (AvgIpc) is 2.75. The summed E-state index contributed by atoms with van der Waals surface area (Å²) in [7, 11) is -3.64. The molecule has 0 saturated carbocycles. The predicted molar refractivity (Wildman–Crippen MR) is 120 cm³/mol. The molecule has 156 valence electrons. The number of rotatable bonds is 9. The molecule has 0 fully saturated rings. The summed E-state index contributed by atoms with van der Waals surface area (Å²) in [6.45, 7) is 2.55. The van der Waals surface area contributed by atoms with E-state index in [0.29, 0.717) is 25.1 Å². The summed E-state index contributed by atoms with van der Waals surface area (Å²) >= 11 is 0. The van der Waals surface area contributed by atoms with Gasteiger partial charge in [-0.1, -0.05) is 60.2 Å². The molecule has 0 aliphatic heterocycles. The summed E-state index contributed by atoms with van der Waals surface area (Å²) in [4.78, 5) is 12.2. The summed E-state index contributed by atoms with van der Waals surface area (Å²) in [5.41, 5.74) is 3.69. The van der Waals surface area contributed by atoms with Crippen molar-refractivity contribution >= 4 is 21.6 Å². The van der Waals surface area contributed by atoms with E-state index in [-0.39, 0.29) is 10.8 Å². The van der Waals surface area contributed by atoms with Crippen molar-refractivity contribution in [1.82, 2.24) is 5.32 Å². The van der Waals surface area contributed by atoms with Crippen molar-refractivity contribution in [2.45, 2.75) is 31.1 Å². The Morgan fingerprint density at radius 2 is 1.43 bits per heavy atom. The topological polar surface area (TPSA) is 75.3 Å². The first kappa shape index (κ1) is 21.6. The summed E-state index contributed by atoms with van der Waals surface area (Å²) in [5, 5.41) is 2.92. The van der Waals surface area contributed by atoms with Gasteiger partial charge in [0.15, 0.2) is 0 Å². The minimum Gasteiger partial charge on any atom is -0.356 e. The van der Waals surface area contributed by atoms with Crippen molar-refractivity contribution in [3.8, 4) is 0 Å². The lowest BCUT2D eigenvalue weighted by atomic mass is 10.1. The van der Waals surface area contributed by atoms with Gasteiger partial charge >= 0.3 is 0 Å². The van der Waals surface area contributed by atoms with Crippen LogP contribution in [0.15, 0.2) is 83.8 Å². The number of carbonyl (C=O) groups is 1. The quantitative estimate of drug-likeness (QED) is 0.545. The zero-order valence-corrected chi connectivity index (χ0v) is 17.8. The SMILES string of the molecule is Cc1ccc(NS(=O)(=O)c2ccc(CCC(=O)NCCc3ccccc3)cc2)cc1. The van der Waals surface area contributed by atoms with E-state index >= 15 is 0 Å². The predicted octanol–water partition coefficient (Wildman–Crippen LogP) is 4.09. The highest BCUT2D eigenvalue weighted by atomic mass is 32.2. The maximum atomic E-state index is 12.5. The number of nitrogens with one attached hydrogen (secondary N) is 2. The fraction of sp³-hybridized carbons (Fsp3) is 0.208. The molecule has 0 spiro atoms. The van der Waals surface area contributed by atoms with Crippen molar-refractivity contribution in [2.75, 3.05) is 11.3 Å². The molecular formula is C24H26N2O3S. The highest BCUT2D eigenvalue weighted by molar-refractivity contribution is 7.92. The molecule has 0 unspecified atom stereocenters. The van der Waals surface area contributed by atoms with Crippen LogP contribution in [0.1, 0.15) is 23.1 Å². The van der Waals surface area contributed by atoms with E-state index < -0.39 is 10.0 Å². The molecule has 1 amide bonds. The lowest BCUT2D eigenvalue weighted by molar-refractivity contribution is -0.121. The van der Waals surface area contributed by atoms with Gasteiger partial charge in [0.05, 0.1) is 4.90 Å². The van der Waals surface area contributed by atoms with Crippen molar-refractivity contribution in [3.05, 3.63) is 95.6 Å². The van der Waals surface area contributed by atoms with Crippen molar-refractivity contribution in [3.63, 3.8) is 0 Å². The van der Waals surface area contributed by atoms with Gasteiger partial charge in [-0.15, -0.1) is 0 Å². The minimum atomic E-state index is -3.64. The van der Waals surface area contributed by atoms with Crippen LogP contribution < -0.4 is 10.0 Å². The summed E-state index contributed by atoms with van der Waals surface area (Å²) in [5.74, 6) is -0.0105. The van der Waals surface area contributed by atoms with Crippen LogP contribution in [-0.4, -0.2) is 20.9 Å². The first-order chi connectivity index (χ1) is 14.4. The third-order valence-corrected chi connectivity index (χ3v) is 6.15. The minimum absolute atomic E-state index is 0.0105. The molecule has 0 radical (unpaired) electrons. The number of hydrogen-bond acceptors (Lipinski definition) is 3. The molecule has 0 bridgehead atoms. The second-order valence-corrected chi connectivity index (χ2v) is 8.88. The van der Waals surface area contributed by atoms with E-state index in [4.69, 9.17) is 0 Å². The summed E-state index contributed by atoms with van der Waals surface area (Å²) < 4.78 is 27.6. The number of carbonyl (C=O) groups excluding carboxylic acids is 1. The Morgan fingerprint density at radius 1 is 0.800 bits per heavy atom. The van der Waals surface area contributed by atoms with Crippen LogP contribution in [0.25, 0.3) is 0 Å². The highest BCUT2D eigenvalue weighted by Crippen LogP contribution is 2.17. The van der Waals surface area contributed by atoms with Crippen LogP contribution >= 0.6 is 0 Å². The average molecular weight is 423 g/mol. The van der Waals surface area contributed by atoms with Crippen LogP contribution in [0.2, 0.25) is 0 Å². The van der Waals surface area contributed by atoms with E-state index in [1.165, 1.54) is 5.56 Å². The lowest BCUT2D eigenvalue weighted by Gasteiger charge is -2.09. The van der Waals surface area contributed by atoms with E-state index in [1.807, 2.05) is 49.4 Å². The molecule has 0 atom stereocenters. The first-order valence-corrected chi connectivity index (χ1v) is 11.4. The standard InChI is InChI=1S/C24H26N2O3S/c1-19-7-12-22(13-8-19)26-30(28,29)23-14-9-21(10-15-23)11-16-24(27)25-18-17-20-5-3-2-4-6-20/h2-10,12-15,26H,11,16-18H2,1H3,(H,25,27). The smallest absolute Gasteiger partial charge is 0.261 e. The van der Waals surface area contributed by atoms with E-state index in [1.54, 1.807) is 36.4 Å². The third-order valence-electron chi connectivity index (χ3n) is 4.76. The summed E-state index contributed by atoms with van der Waals surface area (Å²) in [6.07, 6.45) is 1.72. The Morgan fingerprint density at radius 3 is 2.10 bits per heavy atom. The summed E-state index contributed by atoms with van der Waals surface area (Å²) in [6, 6.07) is 23.8. The zero-order chi connectivity index (χ0) is 21.4. The van der Waals surface area contributed by atoms with Crippen LogP contribution in [0, 0.1) is 6.92 Å². The molecule has 0 aromatic heterocycles. The Labute approximate surface area is 178 Å². The second kappa shape index (κ2) is 10.1. The Kier molecular flexibility index (Phi) is 7.25. The van der Waals surface area contributed by atoms with E-state index in [0.717, 1.165) is 17.5 Å². The normalized spacial score (nSPS) is 11.1. The van der Waals surface area contributed by atoms with Crippen molar-refractivity contribution in [1.29, 1.82) is 0 Å².